The standard InChI is InChI=1S/C17H22ClN3O2/c1-2-7-23-16-9-14(19)13(18)8-12(16)17(22)20-15-10-21-5-3-11(15)4-6-21/h2,8-9,11,15H,1,3-7,10,19H2,(H,20,22). The third-order valence-electron chi connectivity index (χ3n) is 4.67. The Hall–Kier alpha value is -1.72. The van der Waals surface area contributed by atoms with Crippen molar-refractivity contribution in [2.45, 2.75) is 18.9 Å². The van der Waals surface area contributed by atoms with Crippen LogP contribution in [0.25, 0.3) is 0 Å². The van der Waals surface area contributed by atoms with E-state index in [0.717, 1.165) is 32.5 Å². The summed E-state index contributed by atoms with van der Waals surface area (Å²) in [6.07, 6.45) is 3.92. The van der Waals surface area contributed by atoms with Crippen molar-refractivity contribution in [1.29, 1.82) is 0 Å². The summed E-state index contributed by atoms with van der Waals surface area (Å²) in [5.74, 6) is 0.834. The molecule has 0 radical (unpaired) electrons. The number of halogens is 1. The summed E-state index contributed by atoms with van der Waals surface area (Å²) in [6.45, 7) is 7.12. The van der Waals surface area contributed by atoms with Gasteiger partial charge in [0, 0.05) is 18.7 Å². The summed E-state index contributed by atoms with van der Waals surface area (Å²) in [7, 11) is 0. The van der Waals surface area contributed by atoms with E-state index in [4.69, 9.17) is 22.1 Å². The zero-order chi connectivity index (χ0) is 16.4. The summed E-state index contributed by atoms with van der Waals surface area (Å²) >= 11 is 6.08. The number of anilines is 1. The first kappa shape index (κ1) is 16.1. The molecule has 1 atom stereocenters. The molecule has 3 heterocycles. The number of piperidine rings is 3. The molecule has 0 aliphatic carbocycles. The third kappa shape index (κ3) is 3.46. The Morgan fingerprint density at radius 2 is 2.22 bits per heavy atom. The molecule has 2 bridgehead atoms. The highest BCUT2D eigenvalue weighted by molar-refractivity contribution is 6.33. The lowest BCUT2D eigenvalue weighted by molar-refractivity contribution is 0.0619. The van der Waals surface area contributed by atoms with Crippen molar-refractivity contribution >= 4 is 23.2 Å². The van der Waals surface area contributed by atoms with Crippen molar-refractivity contribution in [1.82, 2.24) is 10.2 Å². The molecule has 3 aliphatic heterocycles. The number of ether oxygens (including phenoxy) is 1. The maximum Gasteiger partial charge on any atom is 0.255 e. The van der Waals surface area contributed by atoms with Crippen molar-refractivity contribution in [3.63, 3.8) is 0 Å². The first-order chi connectivity index (χ1) is 11.1. The zero-order valence-electron chi connectivity index (χ0n) is 13.1. The lowest BCUT2D eigenvalue weighted by atomic mass is 9.84. The lowest BCUT2D eigenvalue weighted by Crippen LogP contribution is -2.57. The largest absolute Gasteiger partial charge is 0.489 e. The fraction of sp³-hybridized carbons (Fsp3) is 0.471. The zero-order valence-corrected chi connectivity index (χ0v) is 13.8. The van der Waals surface area contributed by atoms with Crippen LogP contribution in [0, 0.1) is 5.92 Å². The van der Waals surface area contributed by atoms with E-state index in [9.17, 15) is 4.79 Å². The maximum absolute atomic E-state index is 12.7. The summed E-state index contributed by atoms with van der Waals surface area (Å²) < 4.78 is 5.57. The molecule has 0 aromatic heterocycles. The van der Waals surface area contributed by atoms with Gasteiger partial charge in [0.25, 0.3) is 5.91 Å². The summed E-state index contributed by atoms with van der Waals surface area (Å²) in [5.41, 5.74) is 6.63. The Morgan fingerprint density at radius 1 is 1.48 bits per heavy atom. The van der Waals surface area contributed by atoms with Crippen molar-refractivity contribution in [2.75, 3.05) is 32.0 Å². The molecular weight excluding hydrogens is 314 g/mol. The number of nitrogens with one attached hydrogen (secondary N) is 1. The number of hydrogen-bond donors (Lipinski definition) is 2. The van der Waals surface area contributed by atoms with Gasteiger partial charge >= 0.3 is 0 Å². The third-order valence-corrected chi connectivity index (χ3v) is 5.00. The van der Waals surface area contributed by atoms with E-state index in [2.05, 4.69) is 16.8 Å². The highest BCUT2D eigenvalue weighted by atomic mass is 35.5. The van der Waals surface area contributed by atoms with E-state index in [1.54, 1.807) is 18.2 Å². The second-order valence-electron chi connectivity index (χ2n) is 6.19. The minimum Gasteiger partial charge on any atom is -0.489 e. The number of carbonyl (C=O) groups is 1. The van der Waals surface area contributed by atoms with Gasteiger partial charge < -0.3 is 20.7 Å². The fourth-order valence-electron chi connectivity index (χ4n) is 3.39. The van der Waals surface area contributed by atoms with E-state index in [1.807, 2.05) is 0 Å². The topological polar surface area (TPSA) is 67.6 Å². The molecule has 1 unspecified atom stereocenters. The van der Waals surface area contributed by atoms with Gasteiger partial charge in [-0.2, -0.15) is 0 Å². The molecular formula is C17H22ClN3O2. The van der Waals surface area contributed by atoms with Crippen molar-refractivity contribution in [2.24, 2.45) is 5.92 Å². The Labute approximate surface area is 141 Å². The number of rotatable bonds is 5. The van der Waals surface area contributed by atoms with E-state index in [-0.39, 0.29) is 11.9 Å². The van der Waals surface area contributed by atoms with Gasteiger partial charge in [0.15, 0.2) is 0 Å². The van der Waals surface area contributed by atoms with Gasteiger partial charge in [-0.25, -0.2) is 0 Å². The lowest BCUT2D eigenvalue weighted by Gasteiger charge is -2.44. The van der Waals surface area contributed by atoms with Crippen LogP contribution in [-0.4, -0.2) is 43.1 Å². The SMILES string of the molecule is C=CCOc1cc(N)c(Cl)cc1C(=O)NC1CN2CCC1CC2. The van der Waals surface area contributed by atoms with Crippen LogP contribution in [0.3, 0.4) is 0 Å². The van der Waals surface area contributed by atoms with Gasteiger partial charge in [-0.05, 0) is 37.9 Å². The molecule has 6 heteroatoms. The minimum absolute atomic E-state index is 0.162. The van der Waals surface area contributed by atoms with Crippen molar-refractivity contribution in [3.8, 4) is 5.75 Å². The maximum atomic E-state index is 12.7. The highest BCUT2D eigenvalue weighted by Gasteiger charge is 2.35. The minimum atomic E-state index is -0.162. The van der Waals surface area contributed by atoms with Crippen LogP contribution in [0.4, 0.5) is 5.69 Å². The van der Waals surface area contributed by atoms with E-state index >= 15 is 0 Å². The van der Waals surface area contributed by atoms with Gasteiger partial charge in [0.05, 0.1) is 16.3 Å². The molecule has 1 amide bonds. The first-order valence-electron chi connectivity index (χ1n) is 7.94. The number of nitrogen functional groups attached to an aromatic ring is 1. The van der Waals surface area contributed by atoms with Crippen LogP contribution >= 0.6 is 11.6 Å². The van der Waals surface area contributed by atoms with Crippen LogP contribution in [0.15, 0.2) is 24.8 Å². The molecule has 3 aliphatic rings. The number of carbonyl (C=O) groups excluding carboxylic acids is 1. The molecule has 4 rings (SSSR count). The second kappa shape index (κ2) is 6.81. The molecule has 0 spiro atoms. The predicted molar refractivity (Wildman–Crippen MR) is 92.0 cm³/mol. The van der Waals surface area contributed by atoms with Gasteiger partial charge in [0.2, 0.25) is 0 Å². The van der Waals surface area contributed by atoms with Gasteiger partial charge in [-0.15, -0.1) is 0 Å². The van der Waals surface area contributed by atoms with E-state index in [0.29, 0.717) is 34.5 Å². The number of fused-ring (bicyclic) bond motifs is 3. The smallest absolute Gasteiger partial charge is 0.255 e. The second-order valence-corrected chi connectivity index (χ2v) is 6.59. The quantitative estimate of drug-likeness (QED) is 0.640. The number of amides is 1. The highest BCUT2D eigenvalue weighted by Crippen LogP contribution is 2.31. The normalized spacial score (nSPS) is 25.9. The Kier molecular flexibility index (Phi) is 4.78. The molecule has 3 N–H and O–H groups in total. The summed E-state index contributed by atoms with van der Waals surface area (Å²) in [5, 5.41) is 3.50. The summed E-state index contributed by atoms with van der Waals surface area (Å²) in [6, 6.07) is 3.36. The molecule has 23 heavy (non-hydrogen) atoms. The van der Waals surface area contributed by atoms with Crippen LogP contribution in [-0.2, 0) is 0 Å². The Bertz CT molecular complexity index is 612. The monoisotopic (exact) mass is 335 g/mol. The molecule has 5 nitrogen and oxygen atoms in total. The van der Waals surface area contributed by atoms with Gasteiger partial charge in [0.1, 0.15) is 12.4 Å². The predicted octanol–water partition coefficient (Wildman–Crippen LogP) is 2.31. The van der Waals surface area contributed by atoms with Crippen LogP contribution in [0.5, 0.6) is 5.75 Å². The van der Waals surface area contributed by atoms with E-state index < -0.39 is 0 Å². The van der Waals surface area contributed by atoms with Crippen LogP contribution in [0.2, 0.25) is 5.02 Å². The number of hydrogen-bond acceptors (Lipinski definition) is 4. The average molecular weight is 336 g/mol. The number of nitrogens with zero attached hydrogens (tertiary/aromatic N) is 1. The Balaban J connectivity index is 1.78. The molecule has 1 aromatic rings. The molecule has 124 valence electrons. The molecule has 3 fully saturated rings. The number of nitrogens with two attached hydrogens (primary N) is 1. The fourth-order valence-corrected chi connectivity index (χ4v) is 3.55. The van der Waals surface area contributed by atoms with Crippen LogP contribution in [0.1, 0.15) is 23.2 Å². The van der Waals surface area contributed by atoms with Crippen molar-refractivity contribution in [3.05, 3.63) is 35.4 Å². The molecule has 1 aromatic carbocycles. The van der Waals surface area contributed by atoms with Crippen molar-refractivity contribution < 1.29 is 9.53 Å². The van der Waals surface area contributed by atoms with Gasteiger partial charge in [-0.3, -0.25) is 4.79 Å². The number of benzene rings is 1. The molecule has 3 saturated heterocycles. The summed E-state index contributed by atoms with van der Waals surface area (Å²) in [4.78, 5) is 15.1. The van der Waals surface area contributed by atoms with Crippen LogP contribution < -0.4 is 15.8 Å². The van der Waals surface area contributed by atoms with Gasteiger partial charge in [-0.1, -0.05) is 24.3 Å². The Morgan fingerprint density at radius 3 is 2.83 bits per heavy atom. The molecule has 0 saturated carbocycles. The van der Waals surface area contributed by atoms with E-state index in [1.165, 1.54) is 0 Å². The average Bonchev–Trinajstić information content (AvgIpc) is 2.56. The first-order valence-corrected chi connectivity index (χ1v) is 8.32.